The summed E-state index contributed by atoms with van der Waals surface area (Å²) in [6.45, 7) is 4.89. The number of carbonyl (C=O) groups excluding carboxylic acids is 2. The third kappa shape index (κ3) is 5.80. The van der Waals surface area contributed by atoms with Gasteiger partial charge < -0.3 is 44.6 Å². The van der Waals surface area contributed by atoms with Crippen molar-refractivity contribution in [3.05, 3.63) is 82.5 Å². The molecule has 1 aliphatic rings. The molecular formula is C31H31N3O10. The van der Waals surface area contributed by atoms with Crippen molar-refractivity contribution >= 4 is 28.7 Å². The summed E-state index contributed by atoms with van der Waals surface area (Å²) in [6.07, 6.45) is -2.79. The molecule has 1 saturated heterocycles. The lowest BCUT2D eigenvalue weighted by Gasteiger charge is -2.47. The number of aromatic hydroxyl groups is 1. The molecule has 0 spiro atoms. The number of aromatic nitrogens is 1. The Morgan fingerprint density at radius 1 is 1.09 bits per heavy atom. The number of nitrogens with zero attached hydrogens (tertiary/aromatic N) is 1. The average Bonchev–Trinajstić information content (AvgIpc) is 2.99. The van der Waals surface area contributed by atoms with Gasteiger partial charge in [0.05, 0.1) is 11.0 Å². The molecule has 13 nitrogen and oxygen atoms in total. The Hall–Kier alpha value is -4.98. The average molecular weight is 606 g/mol. The Balaban J connectivity index is 1.42. The minimum atomic E-state index is -1.51. The van der Waals surface area contributed by atoms with Crippen molar-refractivity contribution in [3.63, 3.8) is 0 Å². The zero-order chi connectivity index (χ0) is 31.8. The lowest BCUT2D eigenvalue weighted by Crippen LogP contribution is -2.65. The first-order chi connectivity index (χ1) is 20.9. The van der Waals surface area contributed by atoms with Crippen LogP contribution in [0.5, 0.6) is 11.5 Å². The molecule has 2 amide bonds. The van der Waals surface area contributed by atoms with Crippen molar-refractivity contribution in [2.24, 2.45) is 5.73 Å². The van der Waals surface area contributed by atoms with Crippen LogP contribution in [0.15, 0.2) is 70.1 Å². The van der Waals surface area contributed by atoms with Crippen molar-refractivity contribution < 1.29 is 43.2 Å². The summed E-state index contributed by atoms with van der Waals surface area (Å²) in [5.41, 5.74) is 4.81. The van der Waals surface area contributed by atoms with E-state index in [0.29, 0.717) is 0 Å². The molecular weight excluding hydrogens is 574 g/mol. The lowest BCUT2D eigenvalue weighted by molar-refractivity contribution is -0.304. The number of methoxy groups -OCH3 is 1. The van der Waals surface area contributed by atoms with Crippen molar-refractivity contribution in [1.29, 1.82) is 0 Å². The van der Waals surface area contributed by atoms with Crippen LogP contribution in [0.2, 0.25) is 0 Å². The van der Waals surface area contributed by atoms with E-state index in [0.717, 1.165) is 11.1 Å². The lowest BCUT2D eigenvalue weighted by atomic mass is 9.89. The Labute approximate surface area is 251 Å². The summed E-state index contributed by atoms with van der Waals surface area (Å²) in [5.74, 6) is -0.997. The minimum Gasteiger partial charge on any atom is -0.505 e. The van der Waals surface area contributed by atoms with Gasteiger partial charge in [0.25, 0.3) is 5.91 Å². The zero-order valence-corrected chi connectivity index (χ0v) is 24.3. The van der Waals surface area contributed by atoms with Gasteiger partial charge >= 0.3 is 11.7 Å². The van der Waals surface area contributed by atoms with Crippen molar-refractivity contribution in [3.8, 4) is 22.6 Å². The number of nitrogens with one attached hydrogen (secondary N) is 1. The summed E-state index contributed by atoms with van der Waals surface area (Å²) < 4.78 is 27.9. The number of aliphatic hydroxyl groups is 1. The van der Waals surface area contributed by atoms with Crippen molar-refractivity contribution in [2.75, 3.05) is 12.4 Å². The maximum Gasteiger partial charge on any atom is 0.404 e. The van der Waals surface area contributed by atoms with Crippen molar-refractivity contribution in [2.45, 2.75) is 51.0 Å². The molecule has 0 aliphatic carbocycles. The van der Waals surface area contributed by atoms with E-state index < -0.39 is 59.3 Å². The van der Waals surface area contributed by atoms with E-state index in [-0.39, 0.29) is 27.8 Å². The number of hydrogen-bond donors (Lipinski definition) is 4. The number of benzene rings is 2. The van der Waals surface area contributed by atoms with Gasteiger partial charge in [-0.3, -0.25) is 9.78 Å². The number of anilines is 1. The van der Waals surface area contributed by atoms with Gasteiger partial charge in [-0.15, -0.1) is 0 Å². The Bertz CT molecular complexity index is 1770. The highest BCUT2D eigenvalue weighted by molar-refractivity contribution is 6.07. The Morgan fingerprint density at radius 2 is 1.82 bits per heavy atom. The van der Waals surface area contributed by atoms with Gasteiger partial charge in [0.1, 0.15) is 17.4 Å². The largest absolute Gasteiger partial charge is 0.505 e. The minimum absolute atomic E-state index is 0.0213. The first-order valence-electron chi connectivity index (χ1n) is 13.5. The van der Waals surface area contributed by atoms with E-state index in [4.69, 9.17) is 29.1 Å². The Kier molecular flexibility index (Phi) is 8.28. The highest BCUT2D eigenvalue weighted by atomic mass is 16.7. The maximum absolute atomic E-state index is 13.1. The molecule has 2 aromatic heterocycles. The second-order valence-electron chi connectivity index (χ2n) is 10.7. The van der Waals surface area contributed by atoms with Crippen LogP contribution in [-0.4, -0.2) is 64.5 Å². The molecule has 13 heteroatoms. The highest BCUT2D eigenvalue weighted by Crippen LogP contribution is 2.38. The molecule has 0 radical (unpaired) electrons. The summed E-state index contributed by atoms with van der Waals surface area (Å²) in [5, 5.41) is 24.5. The number of ether oxygens (including phenoxy) is 4. The monoisotopic (exact) mass is 605 g/mol. The standard InChI is InChI=1S/C31H31N3O10/c1-15-20(41-29-23(36)25(43-30(32)39)26(40-4)31(2,3)44-29)9-8-19-22(35)21(28(38)42-24(15)19)34-27(37)18-7-5-6-17(14-18)16-10-12-33-13-11-16/h5-14,23,25-26,29,35-36H,1-4H3,(H2,32,39)(H,34,37)/t23-,25+,26-,29-/m1/s1. The molecule has 230 valence electrons. The third-order valence-electron chi connectivity index (χ3n) is 7.39. The smallest absolute Gasteiger partial charge is 0.404 e. The molecule has 5 N–H and O–H groups in total. The normalized spacial score (nSPS) is 21.0. The molecule has 4 atom stereocenters. The molecule has 4 aromatic rings. The van der Waals surface area contributed by atoms with Crippen LogP contribution < -0.4 is 21.4 Å². The predicted molar refractivity (Wildman–Crippen MR) is 157 cm³/mol. The summed E-state index contributed by atoms with van der Waals surface area (Å²) >= 11 is 0. The van der Waals surface area contributed by atoms with E-state index in [9.17, 15) is 24.6 Å². The number of rotatable bonds is 7. The second-order valence-corrected chi connectivity index (χ2v) is 10.7. The highest BCUT2D eigenvalue weighted by Gasteiger charge is 2.53. The van der Waals surface area contributed by atoms with Crippen LogP contribution in [0.25, 0.3) is 22.1 Å². The number of fused-ring (bicyclic) bond motifs is 1. The molecule has 5 rings (SSSR count). The van der Waals surface area contributed by atoms with Crippen LogP contribution in [0, 0.1) is 6.92 Å². The number of amides is 2. The van der Waals surface area contributed by atoms with E-state index >= 15 is 0 Å². The molecule has 2 aromatic carbocycles. The fraction of sp³-hybridized carbons (Fsp3) is 0.290. The topological polar surface area (TPSA) is 193 Å². The van der Waals surface area contributed by atoms with Crippen molar-refractivity contribution in [1.82, 2.24) is 4.98 Å². The molecule has 1 aliphatic heterocycles. The molecule has 1 fully saturated rings. The number of primary amides is 1. The molecule has 44 heavy (non-hydrogen) atoms. The van der Waals surface area contributed by atoms with Gasteiger partial charge in [0.15, 0.2) is 23.6 Å². The van der Waals surface area contributed by atoms with Crippen LogP contribution in [0.3, 0.4) is 0 Å². The van der Waals surface area contributed by atoms with Gasteiger partial charge in [-0.25, -0.2) is 9.59 Å². The fourth-order valence-electron chi connectivity index (χ4n) is 5.24. The quantitative estimate of drug-likeness (QED) is 0.225. The Morgan fingerprint density at radius 3 is 2.50 bits per heavy atom. The second kappa shape index (κ2) is 12.0. The number of hydrogen-bond acceptors (Lipinski definition) is 11. The predicted octanol–water partition coefficient (Wildman–Crippen LogP) is 3.47. The van der Waals surface area contributed by atoms with E-state index in [1.807, 2.05) is 6.07 Å². The van der Waals surface area contributed by atoms with E-state index in [2.05, 4.69) is 10.3 Å². The summed E-state index contributed by atoms with van der Waals surface area (Å²) in [4.78, 5) is 41.6. The number of pyridine rings is 1. The van der Waals surface area contributed by atoms with Gasteiger partial charge in [-0.1, -0.05) is 12.1 Å². The van der Waals surface area contributed by atoms with Gasteiger partial charge in [-0.2, -0.15) is 0 Å². The summed E-state index contributed by atoms with van der Waals surface area (Å²) in [6, 6.07) is 13.2. The number of aliphatic hydroxyl groups excluding tert-OH is 1. The van der Waals surface area contributed by atoms with E-state index in [1.54, 1.807) is 63.5 Å². The molecule has 0 unspecified atom stereocenters. The number of nitrogens with two attached hydrogens (primary N) is 1. The van der Waals surface area contributed by atoms with E-state index in [1.165, 1.54) is 19.2 Å². The number of aryl methyl sites for hydroxylation is 1. The van der Waals surface area contributed by atoms with Gasteiger partial charge in [0.2, 0.25) is 6.29 Å². The van der Waals surface area contributed by atoms with Gasteiger partial charge in [-0.05, 0) is 68.3 Å². The first kappa shape index (κ1) is 30.5. The first-order valence-corrected chi connectivity index (χ1v) is 13.5. The third-order valence-corrected chi connectivity index (χ3v) is 7.39. The van der Waals surface area contributed by atoms with Gasteiger partial charge in [0, 0.05) is 30.6 Å². The van der Waals surface area contributed by atoms with Crippen LogP contribution in [0.4, 0.5) is 10.5 Å². The SMILES string of the molecule is CO[C@@H]1[C@@H](OC(N)=O)[C@@H](O)[C@H](Oc2ccc3c(O)c(NC(=O)c4cccc(-c5ccncc5)c4)c(=O)oc3c2C)OC1(C)C. The van der Waals surface area contributed by atoms with Crippen LogP contribution in [-0.2, 0) is 14.2 Å². The summed E-state index contributed by atoms with van der Waals surface area (Å²) in [7, 11) is 1.37. The fourth-order valence-corrected chi connectivity index (χ4v) is 5.24. The molecule has 0 saturated carbocycles. The number of carbonyl (C=O) groups is 2. The molecule has 3 heterocycles. The zero-order valence-electron chi connectivity index (χ0n) is 24.3. The molecule has 0 bridgehead atoms. The van der Waals surface area contributed by atoms with Crippen LogP contribution in [0.1, 0.15) is 29.8 Å². The maximum atomic E-state index is 13.1. The van der Waals surface area contributed by atoms with Crippen LogP contribution >= 0.6 is 0 Å².